The third-order valence-electron chi connectivity index (χ3n) is 7.98. The summed E-state index contributed by atoms with van der Waals surface area (Å²) in [6.45, 7) is 8.00. The summed E-state index contributed by atoms with van der Waals surface area (Å²) in [4.78, 5) is 55.1. The molecule has 1 unspecified atom stereocenters. The summed E-state index contributed by atoms with van der Waals surface area (Å²) >= 11 is 0. The average molecular weight is 571 g/mol. The summed E-state index contributed by atoms with van der Waals surface area (Å²) in [6, 6.07) is 12.8. The van der Waals surface area contributed by atoms with Crippen LogP contribution in [-0.4, -0.2) is 78.7 Å². The molecule has 2 aromatic rings. The fourth-order valence-corrected chi connectivity index (χ4v) is 5.60. The molecular formula is C32H38N6O4. The van der Waals surface area contributed by atoms with Crippen molar-refractivity contribution in [1.29, 1.82) is 0 Å². The number of nitrogens with zero attached hydrogens (tertiary/aromatic N) is 3. The van der Waals surface area contributed by atoms with Crippen molar-refractivity contribution >= 4 is 29.3 Å². The van der Waals surface area contributed by atoms with Crippen LogP contribution in [-0.2, 0) is 16.1 Å². The van der Waals surface area contributed by atoms with E-state index in [-0.39, 0.29) is 24.1 Å². The second kappa shape index (κ2) is 13.6. The Hall–Kier alpha value is -4.20. The van der Waals surface area contributed by atoms with Gasteiger partial charge < -0.3 is 9.80 Å². The molecule has 0 radical (unpaired) electrons. The van der Waals surface area contributed by atoms with E-state index in [0.29, 0.717) is 24.1 Å². The molecule has 0 saturated carbocycles. The molecule has 2 fully saturated rings. The number of benzene rings is 2. The molecule has 4 amide bonds. The molecule has 220 valence electrons. The van der Waals surface area contributed by atoms with Crippen molar-refractivity contribution < 1.29 is 19.2 Å². The molecule has 2 aromatic carbocycles. The summed E-state index contributed by atoms with van der Waals surface area (Å²) in [5.74, 6) is 5.53. The van der Waals surface area contributed by atoms with E-state index >= 15 is 0 Å². The highest BCUT2D eigenvalue weighted by molar-refractivity contribution is 6.05. The van der Waals surface area contributed by atoms with Crippen LogP contribution in [0.1, 0.15) is 70.9 Å². The van der Waals surface area contributed by atoms with Crippen LogP contribution >= 0.6 is 0 Å². The number of fused-ring (bicyclic) bond motifs is 1. The Morgan fingerprint density at radius 1 is 1.05 bits per heavy atom. The van der Waals surface area contributed by atoms with Crippen LogP contribution in [0.4, 0.5) is 5.69 Å². The molecule has 5 rings (SSSR count). The predicted octanol–water partition coefficient (Wildman–Crippen LogP) is 2.05. The zero-order valence-electron chi connectivity index (χ0n) is 24.1. The Balaban J connectivity index is 1.04. The zero-order chi connectivity index (χ0) is 29.5. The lowest BCUT2D eigenvalue weighted by molar-refractivity contribution is -0.136. The van der Waals surface area contributed by atoms with E-state index in [9.17, 15) is 19.2 Å². The van der Waals surface area contributed by atoms with Gasteiger partial charge in [0.1, 0.15) is 6.04 Å². The number of piperazine rings is 1. The molecule has 3 aliphatic heterocycles. The van der Waals surface area contributed by atoms with Gasteiger partial charge >= 0.3 is 0 Å². The van der Waals surface area contributed by atoms with E-state index in [0.717, 1.165) is 75.3 Å². The topological polar surface area (TPSA) is 114 Å². The van der Waals surface area contributed by atoms with Gasteiger partial charge in [-0.05, 0) is 73.8 Å². The number of anilines is 1. The van der Waals surface area contributed by atoms with Gasteiger partial charge in [0.2, 0.25) is 11.8 Å². The first-order valence-corrected chi connectivity index (χ1v) is 14.8. The van der Waals surface area contributed by atoms with Gasteiger partial charge in [-0.25, -0.2) is 5.43 Å². The van der Waals surface area contributed by atoms with Crippen molar-refractivity contribution in [3.8, 4) is 11.8 Å². The number of rotatable bonds is 9. The van der Waals surface area contributed by atoms with Gasteiger partial charge in [0.15, 0.2) is 0 Å². The van der Waals surface area contributed by atoms with Gasteiger partial charge in [-0.2, -0.15) is 0 Å². The summed E-state index contributed by atoms with van der Waals surface area (Å²) < 4.78 is 0. The molecule has 0 spiro atoms. The first-order chi connectivity index (χ1) is 20.4. The van der Waals surface area contributed by atoms with Crippen LogP contribution in [0.2, 0.25) is 0 Å². The van der Waals surface area contributed by atoms with Gasteiger partial charge in [-0.15, -0.1) is 0 Å². The minimum Gasteiger partial charge on any atom is -0.369 e. The van der Waals surface area contributed by atoms with Crippen molar-refractivity contribution in [2.45, 2.75) is 51.6 Å². The summed E-state index contributed by atoms with van der Waals surface area (Å²) in [6.07, 6.45) is 3.32. The molecule has 0 bridgehead atoms. The Bertz CT molecular complexity index is 1390. The molecule has 2 saturated heterocycles. The summed E-state index contributed by atoms with van der Waals surface area (Å²) in [7, 11) is 0. The molecule has 3 N–H and O–H groups in total. The Morgan fingerprint density at radius 3 is 2.57 bits per heavy atom. The lowest BCUT2D eigenvalue weighted by Crippen LogP contribution is -2.52. The number of unbranched alkanes of at least 4 members (excludes halogenated alkanes) is 1. The van der Waals surface area contributed by atoms with Crippen molar-refractivity contribution in [2.75, 3.05) is 44.2 Å². The zero-order valence-corrected chi connectivity index (χ0v) is 24.1. The molecule has 0 aliphatic carbocycles. The van der Waals surface area contributed by atoms with Crippen LogP contribution in [0.25, 0.3) is 0 Å². The van der Waals surface area contributed by atoms with E-state index < -0.39 is 11.9 Å². The van der Waals surface area contributed by atoms with E-state index in [2.05, 4.69) is 37.8 Å². The molecule has 0 aromatic heterocycles. The van der Waals surface area contributed by atoms with E-state index in [1.165, 1.54) is 0 Å². The number of carbonyl (C=O) groups is 4. The fourth-order valence-electron chi connectivity index (χ4n) is 5.60. The molecule has 10 heteroatoms. The third kappa shape index (κ3) is 6.98. The highest BCUT2D eigenvalue weighted by atomic mass is 16.2. The van der Waals surface area contributed by atoms with Crippen molar-refractivity contribution in [1.82, 2.24) is 26.0 Å². The lowest BCUT2D eigenvalue weighted by atomic mass is 10.0. The van der Waals surface area contributed by atoms with Gasteiger partial charge in [-0.1, -0.05) is 18.8 Å². The SMILES string of the molecule is CCCNNC(=O)c1ccc(N2CCN(CCCC#Cc3ccc4c(c3)CN(C3CCC(=O)NC3=O)C4=O)CC2)cc1. The van der Waals surface area contributed by atoms with Gasteiger partial charge in [0.05, 0.1) is 0 Å². The van der Waals surface area contributed by atoms with Crippen LogP contribution in [0, 0.1) is 11.8 Å². The minimum absolute atomic E-state index is 0.120. The standard InChI is InChI=1S/C32H38N6O4/c1-2-15-33-35-30(40)24-8-10-26(11-9-24)37-19-17-36(18-20-37)16-5-3-4-6-23-7-12-27-25(21-23)22-38(32(27)42)28-13-14-29(39)34-31(28)41/h7-12,21,28,33H,2-3,5,13-20,22H2,1H3,(H,35,40)(H,34,39,41). The summed E-state index contributed by atoms with van der Waals surface area (Å²) in [5, 5.41) is 2.34. The van der Waals surface area contributed by atoms with Crippen molar-refractivity contribution in [3.63, 3.8) is 0 Å². The number of hydrogen-bond donors (Lipinski definition) is 3. The largest absolute Gasteiger partial charge is 0.369 e. The molecule has 42 heavy (non-hydrogen) atoms. The lowest BCUT2D eigenvalue weighted by Gasteiger charge is -2.36. The average Bonchev–Trinajstić information content (AvgIpc) is 3.32. The minimum atomic E-state index is -0.606. The van der Waals surface area contributed by atoms with Crippen LogP contribution < -0.4 is 21.1 Å². The first kappa shape index (κ1) is 29.3. The highest BCUT2D eigenvalue weighted by Gasteiger charge is 2.39. The summed E-state index contributed by atoms with van der Waals surface area (Å²) in [5.41, 5.74) is 9.75. The quantitative estimate of drug-likeness (QED) is 0.183. The monoisotopic (exact) mass is 570 g/mol. The van der Waals surface area contributed by atoms with Crippen LogP contribution in [0.15, 0.2) is 42.5 Å². The van der Waals surface area contributed by atoms with Crippen molar-refractivity contribution in [2.24, 2.45) is 0 Å². The number of carbonyl (C=O) groups excluding carboxylic acids is 4. The van der Waals surface area contributed by atoms with Crippen molar-refractivity contribution in [3.05, 3.63) is 64.7 Å². The number of imide groups is 1. The molecular weight excluding hydrogens is 532 g/mol. The number of hydrogen-bond acceptors (Lipinski definition) is 7. The van der Waals surface area contributed by atoms with E-state index in [1.807, 2.05) is 43.3 Å². The van der Waals surface area contributed by atoms with E-state index in [4.69, 9.17) is 0 Å². The second-order valence-electron chi connectivity index (χ2n) is 10.9. The maximum Gasteiger partial charge on any atom is 0.265 e. The first-order valence-electron chi connectivity index (χ1n) is 14.8. The third-order valence-corrected chi connectivity index (χ3v) is 7.98. The number of amides is 4. The Morgan fingerprint density at radius 2 is 1.83 bits per heavy atom. The maximum atomic E-state index is 12.9. The maximum absolute atomic E-state index is 12.9. The number of hydrazine groups is 1. The molecule has 3 aliphatic rings. The second-order valence-corrected chi connectivity index (χ2v) is 10.9. The van der Waals surface area contributed by atoms with Gasteiger partial charge in [0.25, 0.3) is 11.8 Å². The van der Waals surface area contributed by atoms with Crippen LogP contribution in [0.5, 0.6) is 0 Å². The normalized spacial score (nSPS) is 18.8. The Kier molecular flexibility index (Phi) is 9.52. The molecule has 10 nitrogen and oxygen atoms in total. The fraction of sp³-hybridized carbons (Fsp3) is 0.438. The van der Waals surface area contributed by atoms with Gasteiger partial charge in [0, 0.05) is 74.5 Å². The predicted molar refractivity (Wildman–Crippen MR) is 159 cm³/mol. The number of piperidine rings is 1. The molecule has 3 heterocycles. The molecule has 1 atom stereocenters. The van der Waals surface area contributed by atoms with Gasteiger partial charge in [-0.3, -0.25) is 34.8 Å². The van der Waals surface area contributed by atoms with Crippen LogP contribution in [0.3, 0.4) is 0 Å². The number of nitrogens with one attached hydrogen (secondary N) is 3. The Labute approximate surface area is 246 Å². The van der Waals surface area contributed by atoms with E-state index in [1.54, 1.807) is 11.0 Å². The highest BCUT2D eigenvalue weighted by Crippen LogP contribution is 2.28. The smallest absolute Gasteiger partial charge is 0.265 e.